The summed E-state index contributed by atoms with van der Waals surface area (Å²) >= 11 is 1.35. The summed E-state index contributed by atoms with van der Waals surface area (Å²) in [5.74, 6) is -0.148. The molecule has 0 aliphatic heterocycles. The molecule has 14 heavy (non-hydrogen) atoms. The molecule has 1 N–H and O–H groups in total. The molecule has 5 heteroatoms. The first-order valence-corrected chi connectivity index (χ1v) is 5.47. The lowest BCUT2D eigenvalue weighted by Crippen LogP contribution is -2.26. The Bertz CT molecular complexity index is 168. The molecule has 0 amide bonds. The zero-order valence-electron chi connectivity index (χ0n) is 9.02. The lowest BCUT2D eigenvalue weighted by atomic mass is 10.1. The Morgan fingerprint density at radius 1 is 1.36 bits per heavy atom. The van der Waals surface area contributed by atoms with Crippen LogP contribution >= 0.6 is 11.8 Å². The normalized spacial score (nSPS) is 13.6. The Morgan fingerprint density at radius 3 is 2.14 bits per heavy atom. The van der Waals surface area contributed by atoms with Crippen molar-refractivity contribution >= 4 is 17.7 Å². The molecule has 84 valence electrons. The van der Waals surface area contributed by atoms with E-state index < -0.39 is 11.2 Å². The SMILES string of the molecule is COC(CSC(C(=O)O)C(C)C)OC. The van der Waals surface area contributed by atoms with E-state index in [0.717, 1.165) is 0 Å². The second-order valence-corrected chi connectivity index (χ2v) is 4.41. The fraction of sp³-hybridized carbons (Fsp3) is 0.889. The third-order valence-corrected chi connectivity index (χ3v) is 3.36. The van der Waals surface area contributed by atoms with Gasteiger partial charge in [0.05, 0.1) is 0 Å². The van der Waals surface area contributed by atoms with Gasteiger partial charge < -0.3 is 14.6 Å². The molecule has 4 nitrogen and oxygen atoms in total. The van der Waals surface area contributed by atoms with Crippen LogP contribution in [-0.2, 0) is 14.3 Å². The van der Waals surface area contributed by atoms with Gasteiger partial charge in [-0.2, -0.15) is 0 Å². The van der Waals surface area contributed by atoms with Crippen LogP contribution in [0.5, 0.6) is 0 Å². The van der Waals surface area contributed by atoms with Gasteiger partial charge in [0, 0.05) is 20.0 Å². The fourth-order valence-electron chi connectivity index (χ4n) is 0.963. The highest BCUT2D eigenvalue weighted by Gasteiger charge is 2.23. The molecule has 1 unspecified atom stereocenters. The molecule has 0 aliphatic rings. The standard InChI is InChI=1S/C9H18O4S/c1-6(2)8(9(10)11)14-5-7(12-3)13-4/h6-8H,5H2,1-4H3,(H,10,11). The van der Waals surface area contributed by atoms with Crippen LogP contribution in [0, 0.1) is 5.92 Å². The van der Waals surface area contributed by atoms with Crippen LogP contribution in [0.25, 0.3) is 0 Å². The minimum absolute atomic E-state index is 0.104. The zero-order valence-corrected chi connectivity index (χ0v) is 9.84. The maximum atomic E-state index is 10.8. The smallest absolute Gasteiger partial charge is 0.316 e. The van der Waals surface area contributed by atoms with Gasteiger partial charge in [-0.1, -0.05) is 13.8 Å². The van der Waals surface area contributed by atoms with Crippen LogP contribution in [0.15, 0.2) is 0 Å². The van der Waals surface area contributed by atoms with E-state index >= 15 is 0 Å². The molecule has 0 spiro atoms. The summed E-state index contributed by atoms with van der Waals surface area (Å²) in [7, 11) is 3.08. The number of methoxy groups -OCH3 is 2. The molecule has 0 saturated heterocycles. The molecule has 0 fully saturated rings. The van der Waals surface area contributed by atoms with Crippen molar-refractivity contribution < 1.29 is 19.4 Å². The summed E-state index contributed by atoms with van der Waals surface area (Å²) < 4.78 is 9.95. The van der Waals surface area contributed by atoms with Crippen molar-refractivity contribution in [1.82, 2.24) is 0 Å². The highest BCUT2D eigenvalue weighted by molar-refractivity contribution is 8.00. The molecule has 0 heterocycles. The van der Waals surface area contributed by atoms with Gasteiger partial charge >= 0.3 is 5.97 Å². The van der Waals surface area contributed by atoms with E-state index in [-0.39, 0.29) is 12.2 Å². The molecule has 0 radical (unpaired) electrons. The largest absolute Gasteiger partial charge is 0.480 e. The number of ether oxygens (including phenoxy) is 2. The molecular formula is C9H18O4S. The average molecular weight is 222 g/mol. The monoisotopic (exact) mass is 222 g/mol. The molecule has 0 aromatic rings. The Balaban J connectivity index is 3.99. The summed E-state index contributed by atoms with van der Waals surface area (Å²) in [6, 6.07) is 0. The van der Waals surface area contributed by atoms with E-state index in [1.807, 2.05) is 13.8 Å². The Morgan fingerprint density at radius 2 is 1.86 bits per heavy atom. The number of carboxylic acids is 1. The van der Waals surface area contributed by atoms with Crippen molar-refractivity contribution in [3.63, 3.8) is 0 Å². The van der Waals surface area contributed by atoms with E-state index in [1.54, 1.807) is 14.2 Å². The van der Waals surface area contributed by atoms with E-state index in [4.69, 9.17) is 14.6 Å². The second-order valence-electron chi connectivity index (χ2n) is 3.24. The molecule has 0 saturated carbocycles. The lowest BCUT2D eigenvalue weighted by Gasteiger charge is -2.18. The fourth-order valence-corrected chi connectivity index (χ4v) is 2.13. The van der Waals surface area contributed by atoms with Gasteiger partial charge in [0.2, 0.25) is 0 Å². The Labute approximate surface area is 89.0 Å². The number of carbonyl (C=O) groups is 1. The molecule has 0 aliphatic carbocycles. The minimum Gasteiger partial charge on any atom is -0.480 e. The first-order chi connectivity index (χ1) is 6.52. The van der Waals surface area contributed by atoms with Crippen LogP contribution in [0.1, 0.15) is 13.8 Å². The van der Waals surface area contributed by atoms with E-state index in [2.05, 4.69) is 0 Å². The molecule has 0 aromatic heterocycles. The summed E-state index contributed by atoms with van der Waals surface area (Å²) in [4.78, 5) is 10.8. The van der Waals surface area contributed by atoms with Crippen molar-refractivity contribution in [1.29, 1.82) is 0 Å². The molecule has 0 rings (SSSR count). The van der Waals surface area contributed by atoms with Gasteiger partial charge in [0.15, 0.2) is 6.29 Å². The van der Waals surface area contributed by atoms with Crippen molar-refractivity contribution in [3.05, 3.63) is 0 Å². The zero-order chi connectivity index (χ0) is 11.1. The Kier molecular flexibility index (Phi) is 6.96. The lowest BCUT2D eigenvalue weighted by molar-refractivity contribution is -0.137. The van der Waals surface area contributed by atoms with Gasteiger partial charge in [-0.05, 0) is 5.92 Å². The van der Waals surface area contributed by atoms with E-state index in [1.165, 1.54) is 11.8 Å². The van der Waals surface area contributed by atoms with Crippen molar-refractivity contribution in [2.45, 2.75) is 25.4 Å². The van der Waals surface area contributed by atoms with Crippen molar-refractivity contribution in [2.75, 3.05) is 20.0 Å². The van der Waals surface area contributed by atoms with Crippen LogP contribution in [0.4, 0.5) is 0 Å². The number of hydrogen-bond acceptors (Lipinski definition) is 4. The number of rotatable bonds is 7. The third-order valence-electron chi connectivity index (χ3n) is 1.79. The van der Waals surface area contributed by atoms with Gasteiger partial charge in [0.25, 0.3) is 0 Å². The van der Waals surface area contributed by atoms with Gasteiger partial charge in [-0.3, -0.25) is 4.79 Å². The van der Waals surface area contributed by atoms with Crippen LogP contribution < -0.4 is 0 Å². The van der Waals surface area contributed by atoms with Gasteiger partial charge in [-0.25, -0.2) is 0 Å². The summed E-state index contributed by atoms with van der Waals surface area (Å²) in [6.07, 6.45) is -0.333. The van der Waals surface area contributed by atoms with Gasteiger partial charge in [0.1, 0.15) is 5.25 Å². The predicted molar refractivity (Wildman–Crippen MR) is 56.5 cm³/mol. The van der Waals surface area contributed by atoms with Crippen LogP contribution in [-0.4, -0.2) is 42.6 Å². The minimum atomic E-state index is -0.782. The number of carboxylic acid groups (broad SMARTS) is 1. The van der Waals surface area contributed by atoms with Crippen LogP contribution in [0.2, 0.25) is 0 Å². The Hall–Kier alpha value is -0.260. The third kappa shape index (κ3) is 4.83. The van der Waals surface area contributed by atoms with Crippen LogP contribution in [0.3, 0.4) is 0 Å². The number of thioether (sulfide) groups is 1. The van der Waals surface area contributed by atoms with E-state index in [9.17, 15) is 4.79 Å². The summed E-state index contributed by atoms with van der Waals surface area (Å²) in [5.41, 5.74) is 0. The summed E-state index contributed by atoms with van der Waals surface area (Å²) in [6.45, 7) is 3.78. The first-order valence-electron chi connectivity index (χ1n) is 4.42. The quantitative estimate of drug-likeness (QED) is 0.661. The van der Waals surface area contributed by atoms with Crippen molar-refractivity contribution in [2.24, 2.45) is 5.92 Å². The average Bonchev–Trinajstić information content (AvgIpc) is 2.11. The predicted octanol–water partition coefficient (Wildman–Crippen LogP) is 1.45. The maximum Gasteiger partial charge on any atom is 0.316 e. The van der Waals surface area contributed by atoms with E-state index in [0.29, 0.717) is 5.75 Å². The first kappa shape index (κ1) is 13.7. The molecule has 1 atom stereocenters. The number of hydrogen-bond donors (Lipinski definition) is 1. The maximum absolute atomic E-state index is 10.8. The molecule has 0 aromatic carbocycles. The highest BCUT2D eigenvalue weighted by atomic mass is 32.2. The number of aliphatic carboxylic acids is 1. The summed E-state index contributed by atoms with van der Waals surface area (Å²) in [5, 5.41) is 8.50. The molecule has 0 bridgehead atoms. The van der Waals surface area contributed by atoms with Gasteiger partial charge in [-0.15, -0.1) is 11.8 Å². The second kappa shape index (κ2) is 7.09. The molecular weight excluding hydrogens is 204 g/mol. The van der Waals surface area contributed by atoms with Crippen molar-refractivity contribution in [3.8, 4) is 0 Å². The highest BCUT2D eigenvalue weighted by Crippen LogP contribution is 2.21. The topological polar surface area (TPSA) is 55.8 Å².